The fourth-order valence-corrected chi connectivity index (χ4v) is 1.35. The van der Waals surface area contributed by atoms with Crippen molar-refractivity contribution in [3.8, 4) is 5.75 Å². The van der Waals surface area contributed by atoms with Crippen molar-refractivity contribution in [2.24, 2.45) is 0 Å². The van der Waals surface area contributed by atoms with Gasteiger partial charge in [0.1, 0.15) is 6.61 Å². The standard InChI is InChI=1S/C11H15ClN2O2/c1-3-5-6-7-16-9-8-13-14(4-2)11(15)10(9)12/h5-6,8H,3-4,7H2,1-2H3. The van der Waals surface area contributed by atoms with Crippen LogP contribution < -0.4 is 10.3 Å². The second kappa shape index (κ2) is 6.33. The maximum Gasteiger partial charge on any atom is 0.289 e. The van der Waals surface area contributed by atoms with E-state index < -0.39 is 0 Å². The Kier molecular flexibility index (Phi) is 5.05. The molecule has 1 rings (SSSR count). The highest BCUT2D eigenvalue weighted by Gasteiger charge is 2.08. The van der Waals surface area contributed by atoms with Crippen molar-refractivity contribution in [3.05, 3.63) is 33.7 Å². The van der Waals surface area contributed by atoms with E-state index in [1.54, 1.807) is 0 Å². The zero-order valence-corrected chi connectivity index (χ0v) is 10.2. The average Bonchev–Trinajstić information content (AvgIpc) is 2.30. The van der Waals surface area contributed by atoms with Crippen LogP contribution in [0.3, 0.4) is 0 Å². The molecule has 0 aliphatic carbocycles. The Morgan fingerprint density at radius 3 is 2.88 bits per heavy atom. The van der Waals surface area contributed by atoms with Crippen LogP contribution in [0.15, 0.2) is 23.1 Å². The quantitative estimate of drug-likeness (QED) is 0.744. The van der Waals surface area contributed by atoms with Crippen molar-refractivity contribution in [2.75, 3.05) is 6.61 Å². The van der Waals surface area contributed by atoms with Crippen LogP contribution in [0, 0.1) is 0 Å². The highest BCUT2D eigenvalue weighted by molar-refractivity contribution is 6.31. The number of hydrogen-bond donors (Lipinski definition) is 0. The van der Waals surface area contributed by atoms with Gasteiger partial charge in [0.05, 0.1) is 6.20 Å². The monoisotopic (exact) mass is 242 g/mol. The summed E-state index contributed by atoms with van der Waals surface area (Å²) in [5, 5.41) is 4.01. The van der Waals surface area contributed by atoms with Gasteiger partial charge in [-0.15, -0.1) is 0 Å². The maximum atomic E-state index is 11.6. The molecule has 1 heterocycles. The number of rotatable bonds is 5. The van der Waals surface area contributed by atoms with Crippen LogP contribution in [0.5, 0.6) is 5.75 Å². The lowest BCUT2D eigenvalue weighted by Gasteiger charge is -2.06. The lowest BCUT2D eigenvalue weighted by Crippen LogP contribution is -2.22. The van der Waals surface area contributed by atoms with Crippen molar-refractivity contribution >= 4 is 11.6 Å². The molecule has 0 saturated heterocycles. The number of aryl methyl sites for hydroxylation is 1. The van der Waals surface area contributed by atoms with E-state index in [0.717, 1.165) is 6.42 Å². The highest BCUT2D eigenvalue weighted by atomic mass is 35.5. The van der Waals surface area contributed by atoms with Crippen molar-refractivity contribution in [2.45, 2.75) is 26.8 Å². The number of halogens is 1. The lowest BCUT2D eigenvalue weighted by molar-refractivity contribution is 0.357. The minimum Gasteiger partial charge on any atom is -0.486 e. The molecule has 0 aromatic carbocycles. The van der Waals surface area contributed by atoms with Gasteiger partial charge in [0.2, 0.25) is 0 Å². The third-order valence-corrected chi connectivity index (χ3v) is 2.34. The molecule has 5 heteroatoms. The van der Waals surface area contributed by atoms with E-state index >= 15 is 0 Å². The SMILES string of the molecule is CCC=CCOc1cnn(CC)c(=O)c1Cl. The fraction of sp³-hybridized carbons (Fsp3) is 0.455. The maximum absolute atomic E-state index is 11.6. The second-order valence-corrected chi connectivity index (χ2v) is 3.51. The molecular weight excluding hydrogens is 228 g/mol. The van der Waals surface area contributed by atoms with Crippen LogP contribution in [0.2, 0.25) is 5.02 Å². The topological polar surface area (TPSA) is 44.1 Å². The normalized spacial score (nSPS) is 10.9. The predicted molar refractivity (Wildman–Crippen MR) is 64.1 cm³/mol. The zero-order valence-electron chi connectivity index (χ0n) is 9.44. The summed E-state index contributed by atoms with van der Waals surface area (Å²) in [6.45, 7) is 4.75. The van der Waals surface area contributed by atoms with Gasteiger partial charge in [-0.1, -0.05) is 30.7 Å². The first-order chi connectivity index (χ1) is 7.70. The minimum absolute atomic E-state index is 0.0850. The van der Waals surface area contributed by atoms with Gasteiger partial charge in [0, 0.05) is 6.54 Å². The number of ether oxygens (including phenoxy) is 1. The zero-order chi connectivity index (χ0) is 12.0. The van der Waals surface area contributed by atoms with E-state index in [0.29, 0.717) is 18.9 Å². The van der Waals surface area contributed by atoms with Crippen molar-refractivity contribution < 1.29 is 4.74 Å². The largest absolute Gasteiger partial charge is 0.486 e. The highest BCUT2D eigenvalue weighted by Crippen LogP contribution is 2.17. The summed E-state index contributed by atoms with van der Waals surface area (Å²) in [4.78, 5) is 11.6. The molecule has 0 saturated carbocycles. The van der Waals surface area contributed by atoms with Crippen LogP contribution in [0.25, 0.3) is 0 Å². The molecule has 0 aliphatic heterocycles. The molecule has 0 aliphatic rings. The molecule has 0 unspecified atom stereocenters. The summed E-state index contributed by atoms with van der Waals surface area (Å²) in [7, 11) is 0. The smallest absolute Gasteiger partial charge is 0.289 e. The second-order valence-electron chi connectivity index (χ2n) is 3.13. The number of nitrogens with zero attached hydrogens (tertiary/aromatic N) is 2. The molecule has 16 heavy (non-hydrogen) atoms. The summed E-state index contributed by atoms with van der Waals surface area (Å²) >= 11 is 5.87. The molecule has 0 atom stereocenters. The molecule has 4 nitrogen and oxygen atoms in total. The van der Waals surface area contributed by atoms with Gasteiger partial charge >= 0.3 is 0 Å². The Bertz CT molecular complexity index is 426. The molecule has 0 N–H and O–H groups in total. The van der Waals surface area contributed by atoms with Gasteiger partial charge in [-0.2, -0.15) is 5.10 Å². The van der Waals surface area contributed by atoms with Gasteiger partial charge in [-0.05, 0) is 13.3 Å². The van der Waals surface area contributed by atoms with Gasteiger partial charge in [-0.3, -0.25) is 4.79 Å². The molecule has 0 bridgehead atoms. The van der Waals surface area contributed by atoms with Crippen LogP contribution in [0.1, 0.15) is 20.3 Å². The Balaban J connectivity index is 2.79. The molecule has 1 aromatic heterocycles. The summed E-state index contributed by atoms with van der Waals surface area (Å²) in [6, 6.07) is 0. The van der Waals surface area contributed by atoms with Gasteiger partial charge in [0.15, 0.2) is 10.8 Å². The Morgan fingerprint density at radius 1 is 1.50 bits per heavy atom. The number of allylic oxidation sites excluding steroid dienone is 1. The van der Waals surface area contributed by atoms with Crippen molar-refractivity contribution in [3.63, 3.8) is 0 Å². The van der Waals surface area contributed by atoms with Gasteiger partial charge in [-0.25, -0.2) is 4.68 Å². The van der Waals surface area contributed by atoms with Crippen LogP contribution in [-0.2, 0) is 6.54 Å². The van der Waals surface area contributed by atoms with Crippen molar-refractivity contribution in [1.29, 1.82) is 0 Å². The number of hydrogen-bond acceptors (Lipinski definition) is 3. The molecule has 1 aromatic rings. The average molecular weight is 243 g/mol. The summed E-state index contributed by atoms with van der Waals surface area (Å²) < 4.78 is 6.61. The Morgan fingerprint density at radius 2 is 2.25 bits per heavy atom. The molecule has 0 amide bonds. The Labute approximate surface area is 99.5 Å². The molecule has 88 valence electrons. The lowest BCUT2D eigenvalue weighted by atomic mass is 10.4. The fourth-order valence-electron chi connectivity index (χ4n) is 1.15. The van der Waals surface area contributed by atoms with E-state index in [2.05, 4.69) is 5.10 Å². The van der Waals surface area contributed by atoms with E-state index in [1.165, 1.54) is 10.9 Å². The Hall–Kier alpha value is -1.29. The van der Waals surface area contributed by atoms with E-state index in [-0.39, 0.29) is 10.6 Å². The third-order valence-electron chi connectivity index (χ3n) is 1.99. The predicted octanol–water partition coefficient (Wildman–Crippen LogP) is 2.26. The van der Waals surface area contributed by atoms with Crippen molar-refractivity contribution in [1.82, 2.24) is 9.78 Å². The van der Waals surface area contributed by atoms with Gasteiger partial charge < -0.3 is 4.74 Å². The first kappa shape index (κ1) is 12.8. The molecular formula is C11H15ClN2O2. The van der Waals surface area contributed by atoms with Crippen LogP contribution >= 0.6 is 11.6 Å². The van der Waals surface area contributed by atoms with E-state index in [9.17, 15) is 4.79 Å². The summed E-state index contributed by atoms with van der Waals surface area (Å²) in [6.07, 6.45) is 6.27. The molecule has 0 fully saturated rings. The van der Waals surface area contributed by atoms with E-state index in [4.69, 9.17) is 16.3 Å². The van der Waals surface area contributed by atoms with Gasteiger partial charge in [0.25, 0.3) is 5.56 Å². The molecule has 0 radical (unpaired) electrons. The summed E-state index contributed by atoms with van der Waals surface area (Å²) in [5.74, 6) is 0.331. The first-order valence-electron chi connectivity index (χ1n) is 5.24. The van der Waals surface area contributed by atoms with Crippen LogP contribution in [-0.4, -0.2) is 16.4 Å². The minimum atomic E-state index is -0.318. The first-order valence-corrected chi connectivity index (χ1v) is 5.61. The summed E-state index contributed by atoms with van der Waals surface area (Å²) in [5.41, 5.74) is -0.318. The van der Waals surface area contributed by atoms with E-state index in [1.807, 2.05) is 26.0 Å². The van der Waals surface area contributed by atoms with Crippen LogP contribution in [0.4, 0.5) is 0 Å². The number of aromatic nitrogens is 2. The molecule has 0 spiro atoms. The third kappa shape index (κ3) is 3.10.